The minimum atomic E-state index is 0.279. The summed E-state index contributed by atoms with van der Waals surface area (Å²) in [6.07, 6.45) is 2.44. The first-order valence-electron chi connectivity index (χ1n) is 6.29. The number of halogens is 1. The van der Waals surface area contributed by atoms with Crippen LogP contribution in [0.5, 0.6) is 5.75 Å². The van der Waals surface area contributed by atoms with Crippen molar-refractivity contribution in [3.05, 3.63) is 53.1 Å². The van der Waals surface area contributed by atoms with Crippen molar-refractivity contribution in [2.24, 2.45) is 0 Å². The summed E-state index contributed by atoms with van der Waals surface area (Å²) < 4.78 is 6.01. The van der Waals surface area contributed by atoms with Gasteiger partial charge in [-0.05, 0) is 31.4 Å². The van der Waals surface area contributed by atoms with E-state index in [4.69, 9.17) is 16.3 Å². The Kier molecular flexibility index (Phi) is 3.00. The van der Waals surface area contributed by atoms with Crippen molar-refractivity contribution >= 4 is 11.6 Å². The van der Waals surface area contributed by atoms with E-state index in [1.54, 1.807) is 0 Å². The fourth-order valence-corrected chi connectivity index (χ4v) is 2.67. The standard InChI is InChI=1S/C16H15ClO/c1-11-9-10-12-5-4-7-14(16(12)18-11)13-6-2-3-8-15(13)17/h2-8,11H,9-10H2,1H3/t11-/m1/s1. The number of ether oxygens (including phenoxy) is 1. The van der Waals surface area contributed by atoms with Crippen LogP contribution in [0.15, 0.2) is 42.5 Å². The van der Waals surface area contributed by atoms with Crippen LogP contribution in [0.4, 0.5) is 0 Å². The van der Waals surface area contributed by atoms with E-state index in [-0.39, 0.29) is 6.10 Å². The van der Waals surface area contributed by atoms with E-state index in [0.717, 1.165) is 34.7 Å². The fraction of sp³-hybridized carbons (Fsp3) is 0.250. The molecule has 18 heavy (non-hydrogen) atoms. The average molecular weight is 259 g/mol. The Morgan fingerprint density at radius 1 is 1.06 bits per heavy atom. The normalized spacial score (nSPS) is 18.0. The Bertz CT molecular complexity index is 577. The molecule has 0 fully saturated rings. The van der Waals surface area contributed by atoms with Gasteiger partial charge in [0.2, 0.25) is 0 Å². The molecule has 1 heterocycles. The van der Waals surface area contributed by atoms with E-state index in [0.29, 0.717) is 0 Å². The smallest absolute Gasteiger partial charge is 0.130 e. The lowest BCUT2D eigenvalue weighted by Gasteiger charge is -2.25. The Balaban J connectivity index is 2.16. The third-order valence-corrected chi connectivity index (χ3v) is 3.73. The highest BCUT2D eigenvalue weighted by atomic mass is 35.5. The summed E-state index contributed by atoms with van der Waals surface area (Å²) in [4.78, 5) is 0. The van der Waals surface area contributed by atoms with Crippen LogP contribution < -0.4 is 4.74 Å². The first kappa shape index (κ1) is 11.6. The van der Waals surface area contributed by atoms with Gasteiger partial charge in [0.15, 0.2) is 0 Å². The molecule has 0 aromatic heterocycles. The largest absolute Gasteiger partial charge is 0.490 e. The summed E-state index contributed by atoms with van der Waals surface area (Å²) in [5.41, 5.74) is 3.43. The Morgan fingerprint density at radius 3 is 2.67 bits per heavy atom. The molecule has 0 saturated carbocycles. The summed E-state index contributed by atoms with van der Waals surface area (Å²) in [5.74, 6) is 1.00. The third kappa shape index (κ3) is 1.99. The van der Waals surface area contributed by atoms with Gasteiger partial charge in [-0.1, -0.05) is 48.0 Å². The van der Waals surface area contributed by atoms with Gasteiger partial charge in [-0.15, -0.1) is 0 Å². The van der Waals surface area contributed by atoms with Crippen LogP contribution in [-0.4, -0.2) is 6.10 Å². The maximum absolute atomic E-state index is 6.28. The predicted octanol–water partition coefficient (Wildman–Crippen LogP) is 4.72. The number of benzene rings is 2. The maximum atomic E-state index is 6.28. The molecule has 92 valence electrons. The lowest BCUT2D eigenvalue weighted by Crippen LogP contribution is -2.19. The third-order valence-electron chi connectivity index (χ3n) is 3.40. The highest BCUT2D eigenvalue weighted by Gasteiger charge is 2.20. The number of aryl methyl sites for hydroxylation is 1. The summed E-state index contributed by atoms with van der Waals surface area (Å²) in [5, 5.41) is 0.771. The molecule has 1 aliphatic heterocycles. The van der Waals surface area contributed by atoms with Crippen molar-refractivity contribution in [2.75, 3.05) is 0 Å². The second-order valence-electron chi connectivity index (χ2n) is 4.74. The molecule has 0 saturated heterocycles. The monoisotopic (exact) mass is 258 g/mol. The van der Waals surface area contributed by atoms with Crippen molar-refractivity contribution in [3.63, 3.8) is 0 Å². The molecule has 2 aromatic carbocycles. The van der Waals surface area contributed by atoms with Gasteiger partial charge in [-0.3, -0.25) is 0 Å². The summed E-state index contributed by atoms with van der Waals surface area (Å²) in [7, 11) is 0. The van der Waals surface area contributed by atoms with Gasteiger partial charge < -0.3 is 4.74 Å². The lowest BCUT2D eigenvalue weighted by atomic mass is 9.96. The van der Waals surface area contributed by atoms with E-state index in [1.807, 2.05) is 24.3 Å². The molecule has 1 aliphatic rings. The highest BCUT2D eigenvalue weighted by Crippen LogP contribution is 2.40. The molecule has 0 radical (unpaired) electrons. The zero-order valence-electron chi connectivity index (χ0n) is 10.3. The van der Waals surface area contributed by atoms with Gasteiger partial charge in [0.1, 0.15) is 5.75 Å². The number of fused-ring (bicyclic) bond motifs is 1. The van der Waals surface area contributed by atoms with E-state index in [1.165, 1.54) is 5.56 Å². The minimum absolute atomic E-state index is 0.279. The fourth-order valence-electron chi connectivity index (χ4n) is 2.43. The molecule has 0 spiro atoms. The van der Waals surface area contributed by atoms with Gasteiger partial charge in [-0.25, -0.2) is 0 Å². The van der Waals surface area contributed by atoms with Gasteiger partial charge in [0, 0.05) is 16.1 Å². The van der Waals surface area contributed by atoms with Crippen molar-refractivity contribution in [3.8, 4) is 16.9 Å². The van der Waals surface area contributed by atoms with E-state index < -0.39 is 0 Å². The van der Waals surface area contributed by atoms with E-state index in [2.05, 4.69) is 25.1 Å². The Morgan fingerprint density at radius 2 is 1.83 bits per heavy atom. The van der Waals surface area contributed by atoms with Crippen LogP contribution in [0, 0.1) is 0 Å². The van der Waals surface area contributed by atoms with Crippen molar-refractivity contribution < 1.29 is 4.74 Å². The molecule has 1 atom stereocenters. The van der Waals surface area contributed by atoms with Crippen LogP contribution in [0.2, 0.25) is 5.02 Å². The van der Waals surface area contributed by atoms with Gasteiger partial charge in [0.25, 0.3) is 0 Å². The van der Waals surface area contributed by atoms with Crippen molar-refractivity contribution in [2.45, 2.75) is 25.9 Å². The maximum Gasteiger partial charge on any atom is 0.130 e. The molecular weight excluding hydrogens is 244 g/mol. The molecule has 0 bridgehead atoms. The van der Waals surface area contributed by atoms with Crippen LogP contribution in [0.1, 0.15) is 18.9 Å². The second-order valence-corrected chi connectivity index (χ2v) is 5.15. The molecule has 2 aromatic rings. The number of para-hydroxylation sites is 1. The van der Waals surface area contributed by atoms with Gasteiger partial charge >= 0.3 is 0 Å². The number of hydrogen-bond donors (Lipinski definition) is 0. The SMILES string of the molecule is C[C@@H]1CCc2cccc(-c3ccccc3Cl)c2O1. The Hall–Kier alpha value is -1.47. The molecule has 0 aliphatic carbocycles. The molecule has 0 unspecified atom stereocenters. The first-order valence-corrected chi connectivity index (χ1v) is 6.67. The highest BCUT2D eigenvalue weighted by molar-refractivity contribution is 6.33. The van der Waals surface area contributed by atoms with Crippen LogP contribution in [-0.2, 0) is 6.42 Å². The van der Waals surface area contributed by atoms with Crippen molar-refractivity contribution in [1.82, 2.24) is 0 Å². The molecular formula is C16H15ClO. The molecule has 0 amide bonds. The second kappa shape index (κ2) is 4.66. The van der Waals surface area contributed by atoms with Gasteiger partial charge in [0.05, 0.1) is 6.10 Å². The molecule has 0 N–H and O–H groups in total. The topological polar surface area (TPSA) is 9.23 Å². The molecule has 2 heteroatoms. The summed E-state index contributed by atoms with van der Waals surface area (Å²) >= 11 is 6.28. The van der Waals surface area contributed by atoms with E-state index in [9.17, 15) is 0 Å². The number of hydrogen-bond acceptors (Lipinski definition) is 1. The summed E-state index contributed by atoms with van der Waals surface area (Å²) in [6, 6.07) is 14.2. The minimum Gasteiger partial charge on any atom is -0.490 e. The van der Waals surface area contributed by atoms with Crippen LogP contribution >= 0.6 is 11.6 Å². The van der Waals surface area contributed by atoms with Crippen LogP contribution in [0.25, 0.3) is 11.1 Å². The van der Waals surface area contributed by atoms with E-state index >= 15 is 0 Å². The number of rotatable bonds is 1. The quantitative estimate of drug-likeness (QED) is 0.719. The van der Waals surface area contributed by atoms with Gasteiger partial charge in [-0.2, -0.15) is 0 Å². The first-order chi connectivity index (χ1) is 8.75. The van der Waals surface area contributed by atoms with Crippen LogP contribution in [0.3, 0.4) is 0 Å². The predicted molar refractivity (Wildman–Crippen MR) is 75.3 cm³/mol. The zero-order chi connectivity index (χ0) is 12.5. The summed E-state index contributed by atoms with van der Waals surface area (Å²) in [6.45, 7) is 2.12. The Labute approximate surface area is 112 Å². The molecule has 1 nitrogen and oxygen atoms in total. The zero-order valence-corrected chi connectivity index (χ0v) is 11.1. The molecule has 3 rings (SSSR count). The lowest BCUT2D eigenvalue weighted by molar-refractivity contribution is 0.193. The van der Waals surface area contributed by atoms with Crippen molar-refractivity contribution in [1.29, 1.82) is 0 Å². The average Bonchev–Trinajstić information content (AvgIpc) is 2.39.